The zero-order valence-electron chi connectivity index (χ0n) is 11.3. The molecule has 1 fully saturated rings. The zero-order valence-corrected chi connectivity index (χ0v) is 11.3. The quantitative estimate of drug-likeness (QED) is 0.731. The van der Waals surface area contributed by atoms with Crippen molar-refractivity contribution in [2.45, 2.75) is 77.4 Å². The van der Waals surface area contributed by atoms with Gasteiger partial charge in [0.2, 0.25) is 0 Å². The van der Waals surface area contributed by atoms with E-state index in [0.29, 0.717) is 6.04 Å². The maximum atomic E-state index is 10.1. The standard InChI is InChI=1S/C14H29NO/c1-4-10-14(3,16)11-15-13-9-7-6-8-12(13)5-2/h12-13,15-16H,4-11H2,1-3H3. The molecule has 0 bridgehead atoms. The summed E-state index contributed by atoms with van der Waals surface area (Å²) in [5.74, 6) is 0.825. The van der Waals surface area contributed by atoms with E-state index in [1.807, 2.05) is 6.92 Å². The fraction of sp³-hybridized carbons (Fsp3) is 1.00. The average molecular weight is 227 g/mol. The fourth-order valence-electron chi connectivity index (χ4n) is 2.94. The molecule has 1 aliphatic carbocycles. The molecule has 2 nitrogen and oxygen atoms in total. The highest BCUT2D eigenvalue weighted by Gasteiger charge is 2.26. The van der Waals surface area contributed by atoms with Crippen LogP contribution in [0.25, 0.3) is 0 Å². The highest BCUT2D eigenvalue weighted by molar-refractivity contribution is 4.84. The van der Waals surface area contributed by atoms with Crippen LogP contribution in [0.5, 0.6) is 0 Å². The van der Waals surface area contributed by atoms with Gasteiger partial charge in [-0.25, -0.2) is 0 Å². The van der Waals surface area contributed by atoms with Gasteiger partial charge in [0.1, 0.15) is 0 Å². The Morgan fingerprint density at radius 2 is 1.94 bits per heavy atom. The summed E-state index contributed by atoms with van der Waals surface area (Å²) < 4.78 is 0. The van der Waals surface area contributed by atoms with Gasteiger partial charge in [0.15, 0.2) is 0 Å². The Labute approximate surface area is 101 Å². The van der Waals surface area contributed by atoms with E-state index in [9.17, 15) is 5.11 Å². The SMILES string of the molecule is CCCC(C)(O)CNC1CCCCC1CC. The highest BCUT2D eigenvalue weighted by Crippen LogP contribution is 2.27. The van der Waals surface area contributed by atoms with Crippen LogP contribution in [0.15, 0.2) is 0 Å². The molecule has 0 aromatic rings. The van der Waals surface area contributed by atoms with Crippen LogP contribution >= 0.6 is 0 Å². The van der Waals surface area contributed by atoms with Crippen molar-refractivity contribution in [2.75, 3.05) is 6.54 Å². The Bertz CT molecular complexity index is 191. The van der Waals surface area contributed by atoms with Gasteiger partial charge in [-0.1, -0.05) is 39.5 Å². The van der Waals surface area contributed by atoms with Crippen LogP contribution in [0.4, 0.5) is 0 Å². The van der Waals surface area contributed by atoms with E-state index in [1.54, 1.807) is 0 Å². The lowest BCUT2D eigenvalue weighted by atomic mass is 9.82. The van der Waals surface area contributed by atoms with Gasteiger partial charge in [0.25, 0.3) is 0 Å². The van der Waals surface area contributed by atoms with E-state index in [0.717, 1.165) is 25.3 Å². The summed E-state index contributed by atoms with van der Waals surface area (Å²) >= 11 is 0. The summed E-state index contributed by atoms with van der Waals surface area (Å²) in [5, 5.41) is 13.7. The molecule has 0 amide bonds. The number of aliphatic hydroxyl groups is 1. The second-order valence-electron chi connectivity index (χ2n) is 5.69. The Morgan fingerprint density at radius 3 is 2.56 bits per heavy atom. The second kappa shape index (κ2) is 6.61. The van der Waals surface area contributed by atoms with E-state index in [1.165, 1.54) is 32.1 Å². The fourth-order valence-corrected chi connectivity index (χ4v) is 2.94. The first-order valence-electron chi connectivity index (χ1n) is 7.05. The van der Waals surface area contributed by atoms with Crippen LogP contribution in [-0.4, -0.2) is 23.3 Å². The molecule has 0 radical (unpaired) electrons. The first-order chi connectivity index (χ1) is 7.59. The molecule has 0 saturated heterocycles. The maximum absolute atomic E-state index is 10.1. The van der Waals surface area contributed by atoms with E-state index in [-0.39, 0.29) is 0 Å². The molecule has 2 N–H and O–H groups in total. The molecular weight excluding hydrogens is 198 g/mol. The first kappa shape index (κ1) is 14.0. The van der Waals surface area contributed by atoms with E-state index in [4.69, 9.17) is 0 Å². The molecule has 0 heterocycles. The number of hydrogen-bond acceptors (Lipinski definition) is 2. The van der Waals surface area contributed by atoms with Crippen molar-refractivity contribution in [3.8, 4) is 0 Å². The summed E-state index contributed by atoms with van der Waals surface area (Å²) in [6, 6.07) is 0.641. The molecule has 0 spiro atoms. The van der Waals surface area contributed by atoms with Crippen molar-refractivity contribution < 1.29 is 5.11 Å². The van der Waals surface area contributed by atoms with Gasteiger partial charge in [-0.3, -0.25) is 0 Å². The Hall–Kier alpha value is -0.0800. The molecule has 16 heavy (non-hydrogen) atoms. The molecule has 0 aromatic carbocycles. The average Bonchev–Trinajstić information content (AvgIpc) is 2.27. The van der Waals surface area contributed by atoms with E-state index in [2.05, 4.69) is 19.2 Å². The second-order valence-corrected chi connectivity index (χ2v) is 5.69. The third kappa shape index (κ3) is 4.42. The van der Waals surface area contributed by atoms with Crippen LogP contribution in [0.1, 0.15) is 65.7 Å². The lowest BCUT2D eigenvalue weighted by Gasteiger charge is -2.34. The summed E-state index contributed by atoms with van der Waals surface area (Å²) in [6.45, 7) is 7.12. The minimum absolute atomic E-state index is 0.523. The minimum Gasteiger partial charge on any atom is -0.389 e. The molecule has 3 unspecified atom stereocenters. The zero-order chi connectivity index (χ0) is 12.0. The monoisotopic (exact) mass is 227 g/mol. The van der Waals surface area contributed by atoms with Gasteiger partial charge in [-0.15, -0.1) is 0 Å². The molecular formula is C14H29NO. The van der Waals surface area contributed by atoms with Crippen LogP contribution < -0.4 is 5.32 Å². The van der Waals surface area contributed by atoms with Crippen LogP contribution in [0.2, 0.25) is 0 Å². The molecule has 3 atom stereocenters. The topological polar surface area (TPSA) is 32.3 Å². The molecule has 2 heteroatoms. The summed E-state index contributed by atoms with van der Waals surface area (Å²) in [4.78, 5) is 0. The van der Waals surface area contributed by atoms with Crippen LogP contribution in [-0.2, 0) is 0 Å². The molecule has 0 aliphatic heterocycles. The van der Waals surface area contributed by atoms with Crippen LogP contribution in [0.3, 0.4) is 0 Å². The van der Waals surface area contributed by atoms with Crippen molar-refractivity contribution >= 4 is 0 Å². The van der Waals surface area contributed by atoms with Gasteiger partial charge in [-0.05, 0) is 32.1 Å². The van der Waals surface area contributed by atoms with Gasteiger partial charge >= 0.3 is 0 Å². The smallest absolute Gasteiger partial charge is 0.0743 e. The molecule has 96 valence electrons. The number of rotatable bonds is 6. The van der Waals surface area contributed by atoms with Gasteiger partial charge < -0.3 is 10.4 Å². The van der Waals surface area contributed by atoms with Crippen molar-refractivity contribution in [3.05, 3.63) is 0 Å². The summed E-state index contributed by atoms with van der Waals surface area (Å²) in [7, 11) is 0. The predicted molar refractivity (Wildman–Crippen MR) is 69.6 cm³/mol. The third-order valence-corrected chi connectivity index (χ3v) is 3.97. The van der Waals surface area contributed by atoms with Crippen molar-refractivity contribution in [1.29, 1.82) is 0 Å². The van der Waals surface area contributed by atoms with Gasteiger partial charge in [-0.2, -0.15) is 0 Å². The normalized spacial score (nSPS) is 30.0. The van der Waals surface area contributed by atoms with E-state index < -0.39 is 5.60 Å². The molecule has 0 aromatic heterocycles. The largest absolute Gasteiger partial charge is 0.389 e. The van der Waals surface area contributed by atoms with Crippen LogP contribution in [0, 0.1) is 5.92 Å². The molecule has 1 saturated carbocycles. The Balaban J connectivity index is 2.34. The predicted octanol–water partition coefficient (Wildman–Crippen LogP) is 3.10. The number of nitrogens with one attached hydrogen (secondary N) is 1. The van der Waals surface area contributed by atoms with Crippen molar-refractivity contribution in [3.63, 3.8) is 0 Å². The van der Waals surface area contributed by atoms with Crippen molar-refractivity contribution in [2.24, 2.45) is 5.92 Å². The van der Waals surface area contributed by atoms with Gasteiger partial charge in [0, 0.05) is 12.6 Å². The summed E-state index contributed by atoms with van der Waals surface area (Å²) in [6.07, 6.45) is 8.62. The maximum Gasteiger partial charge on any atom is 0.0743 e. The summed E-state index contributed by atoms with van der Waals surface area (Å²) in [5.41, 5.74) is -0.523. The Morgan fingerprint density at radius 1 is 1.25 bits per heavy atom. The first-order valence-corrected chi connectivity index (χ1v) is 7.05. The molecule has 1 rings (SSSR count). The van der Waals surface area contributed by atoms with Gasteiger partial charge in [0.05, 0.1) is 5.60 Å². The lowest BCUT2D eigenvalue weighted by Crippen LogP contribution is -2.46. The highest BCUT2D eigenvalue weighted by atomic mass is 16.3. The Kier molecular flexibility index (Phi) is 5.77. The lowest BCUT2D eigenvalue weighted by molar-refractivity contribution is 0.0425. The van der Waals surface area contributed by atoms with E-state index >= 15 is 0 Å². The third-order valence-electron chi connectivity index (χ3n) is 3.97. The molecule has 1 aliphatic rings. The minimum atomic E-state index is -0.523. The number of hydrogen-bond donors (Lipinski definition) is 2. The van der Waals surface area contributed by atoms with Crippen molar-refractivity contribution in [1.82, 2.24) is 5.32 Å².